The first-order chi connectivity index (χ1) is 13.9. The van der Waals surface area contributed by atoms with Crippen LogP contribution in [0.15, 0.2) is 71.8 Å². The third kappa shape index (κ3) is 5.90. The third-order valence-electron chi connectivity index (χ3n) is 3.99. The summed E-state index contributed by atoms with van der Waals surface area (Å²) in [6, 6.07) is 17.4. The maximum absolute atomic E-state index is 12.4. The molecule has 0 bridgehead atoms. The Morgan fingerprint density at radius 2 is 1.66 bits per heavy atom. The Morgan fingerprint density at radius 1 is 0.966 bits per heavy atom. The number of benzene rings is 2. The SMILES string of the molecule is CN(C)c1cnnc(NCCNS(=O)(=O)c2ccc(Oc3ccccc3)cc2)c1. The summed E-state index contributed by atoms with van der Waals surface area (Å²) in [4.78, 5) is 2.08. The minimum Gasteiger partial charge on any atom is -0.457 e. The Bertz CT molecular complexity index is 1030. The highest BCUT2D eigenvalue weighted by atomic mass is 32.2. The lowest BCUT2D eigenvalue weighted by atomic mass is 10.3. The summed E-state index contributed by atoms with van der Waals surface area (Å²) in [5, 5.41) is 10.9. The molecule has 0 aliphatic carbocycles. The first-order valence-electron chi connectivity index (χ1n) is 9.00. The highest BCUT2D eigenvalue weighted by Gasteiger charge is 2.13. The maximum Gasteiger partial charge on any atom is 0.240 e. The van der Waals surface area contributed by atoms with Crippen molar-refractivity contribution in [3.63, 3.8) is 0 Å². The first-order valence-corrected chi connectivity index (χ1v) is 10.5. The monoisotopic (exact) mass is 413 g/mol. The number of hydrogen-bond donors (Lipinski definition) is 2. The molecule has 0 spiro atoms. The van der Waals surface area contributed by atoms with Gasteiger partial charge in [0.2, 0.25) is 10.0 Å². The van der Waals surface area contributed by atoms with E-state index in [9.17, 15) is 8.42 Å². The lowest BCUT2D eigenvalue weighted by Crippen LogP contribution is -2.29. The molecule has 0 aliphatic rings. The largest absolute Gasteiger partial charge is 0.457 e. The summed E-state index contributed by atoms with van der Waals surface area (Å²) in [7, 11) is 0.200. The Morgan fingerprint density at radius 3 is 2.34 bits per heavy atom. The number of nitrogens with zero attached hydrogens (tertiary/aromatic N) is 3. The standard InChI is InChI=1S/C20H23N5O3S/c1-25(2)16-14-20(24-22-15-16)21-12-13-23-29(26,27)19-10-8-18(9-11-19)28-17-6-4-3-5-7-17/h3-11,14-15,23H,12-13H2,1-2H3,(H,21,24). The van der Waals surface area contributed by atoms with Crippen LogP contribution < -0.4 is 19.7 Å². The van der Waals surface area contributed by atoms with Crippen molar-refractivity contribution in [1.82, 2.24) is 14.9 Å². The van der Waals surface area contributed by atoms with Gasteiger partial charge in [0.15, 0.2) is 5.82 Å². The maximum atomic E-state index is 12.4. The van der Waals surface area contributed by atoms with Gasteiger partial charge in [-0.25, -0.2) is 13.1 Å². The first kappa shape index (κ1) is 20.6. The minimum absolute atomic E-state index is 0.173. The fourth-order valence-corrected chi connectivity index (χ4v) is 3.49. The van der Waals surface area contributed by atoms with Crippen LogP contribution in [0.1, 0.15) is 0 Å². The van der Waals surface area contributed by atoms with Crippen molar-refractivity contribution >= 4 is 21.5 Å². The van der Waals surface area contributed by atoms with E-state index >= 15 is 0 Å². The van der Waals surface area contributed by atoms with Crippen LogP contribution in [-0.2, 0) is 10.0 Å². The van der Waals surface area contributed by atoms with Crippen LogP contribution in [0.5, 0.6) is 11.5 Å². The Labute approximate surface area is 170 Å². The quantitative estimate of drug-likeness (QED) is 0.521. The van der Waals surface area contributed by atoms with Crippen molar-refractivity contribution in [2.75, 3.05) is 37.4 Å². The molecule has 9 heteroatoms. The molecule has 1 aromatic heterocycles. The number of rotatable bonds is 9. The topological polar surface area (TPSA) is 96.5 Å². The van der Waals surface area contributed by atoms with Gasteiger partial charge in [0.25, 0.3) is 0 Å². The second kappa shape index (κ2) is 9.35. The van der Waals surface area contributed by atoms with E-state index in [1.165, 1.54) is 12.1 Å². The van der Waals surface area contributed by atoms with Gasteiger partial charge in [-0.3, -0.25) is 0 Å². The van der Waals surface area contributed by atoms with Crippen molar-refractivity contribution < 1.29 is 13.2 Å². The molecule has 3 aromatic rings. The predicted molar refractivity (Wildman–Crippen MR) is 113 cm³/mol. The summed E-state index contributed by atoms with van der Waals surface area (Å²) in [5.74, 6) is 1.84. The van der Waals surface area contributed by atoms with E-state index < -0.39 is 10.0 Å². The molecule has 2 aromatic carbocycles. The Hall–Kier alpha value is -3.17. The normalized spacial score (nSPS) is 11.1. The number of para-hydroxylation sites is 1. The van der Waals surface area contributed by atoms with Crippen LogP contribution in [-0.4, -0.2) is 45.8 Å². The molecule has 8 nitrogen and oxygen atoms in total. The second-order valence-electron chi connectivity index (χ2n) is 6.40. The van der Waals surface area contributed by atoms with Crippen LogP contribution in [0.3, 0.4) is 0 Å². The minimum atomic E-state index is -3.62. The zero-order chi connectivity index (χ0) is 20.7. The van der Waals surface area contributed by atoms with Crippen molar-refractivity contribution in [3.05, 3.63) is 66.9 Å². The van der Waals surface area contributed by atoms with Crippen LogP contribution >= 0.6 is 0 Å². The number of aromatic nitrogens is 2. The van der Waals surface area contributed by atoms with Gasteiger partial charge in [-0.15, -0.1) is 5.10 Å². The molecule has 0 atom stereocenters. The average molecular weight is 414 g/mol. The van der Waals surface area contributed by atoms with Gasteiger partial charge in [-0.05, 0) is 36.4 Å². The van der Waals surface area contributed by atoms with Gasteiger partial charge in [-0.1, -0.05) is 18.2 Å². The highest BCUT2D eigenvalue weighted by molar-refractivity contribution is 7.89. The second-order valence-corrected chi connectivity index (χ2v) is 8.17. The molecule has 3 rings (SSSR count). The number of anilines is 2. The Balaban J connectivity index is 1.52. The fraction of sp³-hybridized carbons (Fsp3) is 0.200. The van der Waals surface area contributed by atoms with E-state index in [1.807, 2.05) is 55.4 Å². The van der Waals surface area contributed by atoms with E-state index in [2.05, 4.69) is 20.2 Å². The number of hydrogen-bond acceptors (Lipinski definition) is 7. The number of nitrogens with one attached hydrogen (secondary N) is 2. The summed E-state index contributed by atoms with van der Waals surface area (Å²) < 4.78 is 33.1. The van der Waals surface area contributed by atoms with E-state index in [1.54, 1.807) is 18.3 Å². The summed E-state index contributed by atoms with van der Waals surface area (Å²) in [5.41, 5.74) is 0.904. The molecule has 2 N–H and O–H groups in total. The predicted octanol–water partition coefficient (Wildman–Crippen LogP) is 2.73. The lowest BCUT2D eigenvalue weighted by molar-refractivity contribution is 0.482. The summed E-state index contributed by atoms with van der Waals surface area (Å²) in [6.07, 6.45) is 1.65. The van der Waals surface area contributed by atoms with Crippen LogP contribution in [0, 0.1) is 0 Å². The molecule has 0 aliphatic heterocycles. The van der Waals surface area contributed by atoms with Gasteiger partial charge in [-0.2, -0.15) is 5.10 Å². The average Bonchev–Trinajstić information content (AvgIpc) is 2.73. The molecule has 29 heavy (non-hydrogen) atoms. The van der Waals surface area contributed by atoms with Crippen molar-refractivity contribution in [3.8, 4) is 11.5 Å². The molecule has 0 saturated heterocycles. The Kier molecular flexibility index (Phi) is 6.63. The molecule has 0 radical (unpaired) electrons. The third-order valence-corrected chi connectivity index (χ3v) is 5.47. The molecule has 152 valence electrons. The van der Waals surface area contributed by atoms with Crippen molar-refractivity contribution in [2.45, 2.75) is 4.90 Å². The summed E-state index contributed by atoms with van der Waals surface area (Å²) in [6.45, 7) is 0.582. The van der Waals surface area contributed by atoms with Gasteiger partial charge in [0.05, 0.1) is 16.8 Å². The van der Waals surface area contributed by atoms with Gasteiger partial charge in [0, 0.05) is 33.3 Å². The molecule has 0 unspecified atom stereocenters. The number of ether oxygens (including phenoxy) is 1. The van der Waals surface area contributed by atoms with Crippen LogP contribution in [0.4, 0.5) is 11.5 Å². The summed E-state index contributed by atoms with van der Waals surface area (Å²) >= 11 is 0. The fourth-order valence-electron chi connectivity index (χ4n) is 2.46. The molecular weight excluding hydrogens is 390 g/mol. The van der Waals surface area contributed by atoms with Gasteiger partial charge in [0.1, 0.15) is 11.5 Å². The van der Waals surface area contributed by atoms with Crippen LogP contribution in [0.2, 0.25) is 0 Å². The molecule has 1 heterocycles. The van der Waals surface area contributed by atoms with Crippen molar-refractivity contribution in [1.29, 1.82) is 0 Å². The van der Waals surface area contributed by atoms with E-state index in [4.69, 9.17) is 4.74 Å². The molecular formula is C20H23N5O3S. The van der Waals surface area contributed by atoms with E-state index in [-0.39, 0.29) is 11.4 Å². The smallest absolute Gasteiger partial charge is 0.240 e. The molecule has 0 saturated carbocycles. The van der Waals surface area contributed by atoms with Gasteiger partial charge >= 0.3 is 0 Å². The zero-order valence-corrected chi connectivity index (χ0v) is 17.1. The zero-order valence-electron chi connectivity index (χ0n) is 16.2. The highest BCUT2D eigenvalue weighted by Crippen LogP contribution is 2.22. The number of sulfonamides is 1. The van der Waals surface area contributed by atoms with Gasteiger partial charge < -0.3 is 15.0 Å². The lowest BCUT2D eigenvalue weighted by Gasteiger charge is -2.13. The molecule has 0 amide bonds. The van der Waals surface area contributed by atoms with Crippen LogP contribution in [0.25, 0.3) is 0 Å². The molecule has 0 fully saturated rings. The van der Waals surface area contributed by atoms with E-state index in [0.29, 0.717) is 23.9 Å². The van der Waals surface area contributed by atoms with Crippen molar-refractivity contribution in [2.24, 2.45) is 0 Å². The van der Waals surface area contributed by atoms with E-state index in [0.717, 1.165) is 5.69 Å².